The van der Waals surface area contributed by atoms with Gasteiger partial charge in [-0.3, -0.25) is 4.79 Å². The SMILES string of the molecule is COC(=O)c1ccccc1.O=C1CCCC1. The Hall–Kier alpha value is -1.64. The van der Waals surface area contributed by atoms with Crippen LogP contribution in [-0.2, 0) is 9.53 Å². The van der Waals surface area contributed by atoms with Crippen LogP contribution in [0.4, 0.5) is 0 Å². The van der Waals surface area contributed by atoms with E-state index in [1.165, 1.54) is 7.11 Å². The number of carbonyl (C=O) groups is 2. The number of rotatable bonds is 1. The van der Waals surface area contributed by atoms with E-state index in [2.05, 4.69) is 4.74 Å². The highest BCUT2D eigenvalue weighted by molar-refractivity contribution is 5.89. The molecule has 0 aliphatic heterocycles. The molecule has 1 aliphatic carbocycles. The Bertz CT molecular complexity index is 335. The highest BCUT2D eigenvalue weighted by Gasteiger charge is 2.07. The second kappa shape index (κ2) is 6.77. The van der Waals surface area contributed by atoms with Gasteiger partial charge in [-0.2, -0.15) is 0 Å². The molecular formula is C13H16O3. The summed E-state index contributed by atoms with van der Waals surface area (Å²) >= 11 is 0. The van der Waals surface area contributed by atoms with Crippen LogP contribution in [0.5, 0.6) is 0 Å². The zero-order chi connectivity index (χ0) is 11.8. The number of hydrogen-bond donors (Lipinski definition) is 0. The summed E-state index contributed by atoms with van der Waals surface area (Å²) < 4.78 is 4.50. The van der Waals surface area contributed by atoms with Crippen LogP contribution in [0.3, 0.4) is 0 Å². The lowest BCUT2D eigenvalue weighted by Gasteiger charge is -1.95. The minimum Gasteiger partial charge on any atom is -0.465 e. The van der Waals surface area contributed by atoms with Gasteiger partial charge < -0.3 is 4.74 Å². The van der Waals surface area contributed by atoms with Gasteiger partial charge in [0.05, 0.1) is 12.7 Å². The summed E-state index contributed by atoms with van der Waals surface area (Å²) in [7, 11) is 1.37. The maximum atomic E-state index is 10.8. The van der Waals surface area contributed by atoms with Crippen molar-refractivity contribution in [2.75, 3.05) is 7.11 Å². The third-order valence-electron chi connectivity index (χ3n) is 2.36. The molecule has 86 valence electrons. The van der Waals surface area contributed by atoms with E-state index in [-0.39, 0.29) is 5.97 Å². The Labute approximate surface area is 95.4 Å². The molecular weight excluding hydrogens is 204 g/mol. The van der Waals surface area contributed by atoms with Crippen LogP contribution in [0.1, 0.15) is 36.0 Å². The molecule has 0 spiro atoms. The highest BCUT2D eigenvalue weighted by Crippen LogP contribution is 2.11. The van der Waals surface area contributed by atoms with Gasteiger partial charge in [-0.15, -0.1) is 0 Å². The molecule has 0 N–H and O–H groups in total. The van der Waals surface area contributed by atoms with E-state index in [0.29, 0.717) is 11.3 Å². The van der Waals surface area contributed by atoms with Crippen molar-refractivity contribution >= 4 is 11.8 Å². The molecule has 1 saturated carbocycles. The Morgan fingerprint density at radius 1 is 1.12 bits per heavy atom. The second-order valence-electron chi connectivity index (χ2n) is 3.60. The van der Waals surface area contributed by atoms with Crippen molar-refractivity contribution in [2.24, 2.45) is 0 Å². The van der Waals surface area contributed by atoms with Crippen molar-refractivity contribution in [1.82, 2.24) is 0 Å². The van der Waals surface area contributed by atoms with Crippen LogP contribution >= 0.6 is 0 Å². The van der Waals surface area contributed by atoms with Gasteiger partial charge in [-0.1, -0.05) is 18.2 Å². The average Bonchev–Trinajstić information content (AvgIpc) is 2.81. The molecule has 0 heterocycles. The van der Waals surface area contributed by atoms with Crippen molar-refractivity contribution < 1.29 is 14.3 Å². The summed E-state index contributed by atoms with van der Waals surface area (Å²) in [5.74, 6) is 0.163. The van der Waals surface area contributed by atoms with Gasteiger partial charge in [-0.25, -0.2) is 4.79 Å². The van der Waals surface area contributed by atoms with Crippen LogP contribution in [0.25, 0.3) is 0 Å². The lowest BCUT2D eigenvalue weighted by Crippen LogP contribution is -1.99. The van der Waals surface area contributed by atoms with Crippen molar-refractivity contribution in [3.63, 3.8) is 0 Å². The smallest absolute Gasteiger partial charge is 0.337 e. The first-order chi connectivity index (χ1) is 7.74. The van der Waals surface area contributed by atoms with Gasteiger partial charge in [-0.05, 0) is 25.0 Å². The zero-order valence-corrected chi connectivity index (χ0v) is 9.44. The lowest BCUT2D eigenvalue weighted by molar-refractivity contribution is -0.117. The summed E-state index contributed by atoms with van der Waals surface area (Å²) in [6.07, 6.45) is 3.97. The fraction of sp³-hybridized carbons (Fsp3) is 0.385. The van der Waals surface area contributed by atoms with Crippen LogP contribution < -0.4 is 0 Å². The maximum Gasteiger partial charge on any atom is 0.337 e. The number of esters is 1. The van der Waals surface area contributed by atoms with Crippen molar-refractivity contribution in [3.8, 4) is 0 Å². The minimum absolute atomic E-state index is 0.291. The molecule has 0 atom stereocenters. The number of ether oxygens (including phenoxy) is 1. The molecule has 3 nitrogen and oxygen atoms in total. The third-order valence-corrected chi connectivity index (χ3v) is 2.36. The zero-order valence-electron chi connectivity index (χ0n) is 9.44. The standard InChI is InChI=1S/C8H8O2.C5H8O/c1-10-8(9)7-5-3-2-4-6-7;6-5-3-1-2-4-5/h2-6H,1H3;1-4H2. The van der Waals surface area contributed by atoms with Crippen LogP contribution in [0.2, 0.25) is 0 Å². The number of benzene rings is 1. The highest BCUT2D eigenvalue weighted by atomic mass is 16.5. The fourth-order valence-corrected chi connectivity index (χ4v) is 1.46. The Morgan fingerprint density at radius 3 is 2.06 bits per heavy atom. The lowest BCUT2D eigenvalue weighted by atomic mass is 10.2. The number of carbonyl (C=O) groups excluding carboxylic acids is 2. The van der Waals surface area contributed by atoms with Crippen molar-refractivity contribution in [2.45, 2.75) is 25.7 Å². The molecule has 0 amide bonds. The van der Waals surface area contributed by atoms with E-state index in [9.17, 15) is 9.59 Å². The summed E-state index contributed by atoms with van der Waals surface area (Å²) in [5, 5.41) is 0. The molecule has 1 aromatic carbocycles. The molecule has 0 unspecified atom stereocenters. The third kappa shape index (κ3) is 4.26. The summed E-state index contributed by atoms with van der Waals surface area (Å²) in [5.41, 5.74) is 0.588. The van der Waals surface area contributed by atoms with E-state index < -0.39 is 0 Å². The predicted octanol–water partition coefficient (Wildman–Crippen LogP) is 2.60. The van der Waals surface area contributed by atoms with Crippen molar-refractivity contribution in [1.29, 1.82) is 0 Å². The predicted molar refractivity (Wildman–Crippen MR) is 61.3 cm³/mol. The summed E-state index contributed by atoms with van der Waals surface area (Å²) in [6.45, 7) is 0. The topological polar surface area (TPSA) is 43.4 Å². The Morgan fingerprint density at radius 2 is 1.69 bits per heavy atom. The van der Waals surface area contributed by atoms with Crippen LogP contribution in [0.15, 0.2) is 30.3 Å². The largest absolute Gasteiger partial charge is 0.465 e. The molecule has 3 heteroatoms. The molecule has 2 rings (SSSR count). The van der Waals surface area contributed by atoms with E-state index >= 15 is 0 Å². The first kappa shape index (κ1) is 12.4. The number of hydrogen-bond acceptors (Lipinski definition) is 3. The van der Waals surface area contributed by atoms with Crippen LogP contribution in [-0.4, -0.2) is 18.9 Å². The van der Waals surface area contributed by atoms with Gasteiger partial charge in [0, 0.05) is 12.8 Å². The molecule has 1 fully saturated rings. The Kier molecular flexibility index (Phi) is 5.26. The maximum absolute atomic E-state index is 10.8. The summed E-state index contributed by atoms with van der Waals surface area (Å²) in [6, 6.07) is 8.88. The summed E-state index contributed by atoms with van der Waals surface area (Å²) in [4.78, 5) is 21.0. The van der Waals surface area contributed by atoms with Gasteiger partial charge >= 0.3 is 5.97 Å². The van der Waals surface area contributed by atoms with E-state index in [4.69, 9.17) is 0 Å². The van der Waals surface area contributed by atoms with Crippen molar-refractivity contribution in [3.05, 3.63) is 35.9 Å². The number of Topliss-reactive ketones (excluding diaryl/α,β-unsaturated/α-hetero) is 1. The average molecular weight is 220 g/mol. The van der Waals surface area contributed by atoms with Gasteiger partial charge in [0.1, 0.15) is 5.78 Å². The molecule has 16 heavy (non-hydrogen) atoms. The normalized spacial score (nSPS) is 13.9. The molecule has 1 aliphatic rings. The Balaban J connectivity index is 0.000000181. The van der Waals surface area contributed by atoms with E-state index in [0.717, 1.165) is 25.7 Å². The van der Waals surface area contributed by atoms with Gasteiger partial charge in [0.2, 0.25) is 0 Å². The molecule has 0 saturated heterocycles. The quantitative estimate of drug-likeness (QED) is 0.683. The minimum atomic E-state index is -0.291. The van der Waals surface area contributed by atoms with Crippen LogP contribution in [0, 0.1) is 0 Å². The molecule has 0 bridgehead atoms. The van der Waals surface area contributed by atoms with Gasteiger partial charge in [0.15, 0.2) is 0 Å². The van der Waals surface area contributed by atoms with Gasteiger partial charge in [0.25, 0.3) is 0 Å². The first-order valence-corrected chi connectivity index (χ1v) is 5.39. The molecule has 0 radical (unpaired) electrons. The fourth-order valence-electron chi connectivity index (χ4n) is 1.46. The number of methoxy groups -OCH3 is 1. The van der Waals surface area contributed by atoms with E-state index in [1.807, 2.05) is 6.07 Å². The first-order valence-electron chi connectivity index (χ1n) is 5.39. The molecule has 0 aromatic heterocycles. The monoisotopic (exact) mass is 220 g/mol. The van der Waals surface area contributed by atoms with E-state index in [1.54, 1.807) is 24.3 Å². The molecule has 1 aromatic rings. The number of ketones is 1. The second-order valence-corrected chi connectivity index (χ2v) is 3.60.